The highest BCUT2D eigenvalue weighted by molar-refractivity contribution is 5.18. The number of hydrogen-bond acceptors (Lipinski definition) is 2. The monoisotopic (exact) mass is 219 g/mol. The molecule has 1 aliphatic heterocycles. The Bertz CT molecular complexity index is 293. The molecule has 0 saturated carbocycles. The average molecular weight is 219 g/mol. The van der Waals surface area contributed by atoms with Crippen molar-refractivity contribution in [1.29, 1.82) is 0 Å². The third-order valence-corrected chi connectivity index (χ3v) is 3.35. The largest absolute Gasteiger partial charge is 0.379 e. The zero-order valence-electron chi connectivity index (χ0n) is 10.1. The van der Waals surface area contributed by atoms with Crippen LogP contribution in [0.25, 0.3) is 0 Å². The molecular formula is C14H21NO. The summed E-state index contributed by atoms with van der Waals surface area (Å²) >= 11 is 0. The van der Waals surface area contributed by atoms with Gasteiger partial charge >= 0.3 is 0 Å². The molecule has 1 saturated heterocycles. The normalized spacial score (nSPS) is 19.6. The van der Waals surface area contributed by atoms with E-state index >= 15 is 0 Å². The second-order valence-corrected chi connectivity index (χ2v) is 4.55. The Kier molecular flexibility index (Phi) is 4.37. The molecule has 1 fully saturated rings. The number of morpholine rings is 1. The van der Waals surface area contributed by atoms with Crippen molar-refractivity contribution < 1.29 is 4.74 Å². The molecule has 1 atom stereocenters. The molecule has 2 rings (SSSR count). The molecule has 0 aliphatic carbocycles. The van der Waals surface area contributed by atoms with Crippen LogP contribution < -0.4 is 0 Å². The van der Waals surface area contributed by atoms with Gasteiger partial charge in [0.15, 0.2) is 0 Å². The van der Waals surface area contributed by atoms with Crippen LogP contribution >= 0.6 is 0 Å². The fraction of sp³-hybridized carbons (Fsp3) is 0.571. The molecule has 0 aromatic heterocycles. The van der Waals surface area contributed by atoms with Crippen LogP contribution in [0.3, 0.4) is 0 Å². The van der Waals surface area contributed by atoms with Crippen molar-refractivity contribution in [2.45, 2.75) is 19.3 Å². The van der Waals surface area contributed by atoms with Crippen LogP contribution in [0, 0.1) is 0 Å². The lowest BCUT2D eigenvalue weighted by molar-refractivity contribution is 0.0367. The van der Waals surface area contributed by atoms with E-state index in [-0.39, 0.29) is 0 Å². The smallest absolute Gasteiger partial charge is 0.0594 e. The van der Waals surface area contributed by atoms with Crippen LogP contribution in [0.1, 0.15) is 24.8 Å². The number of ether oxygens (including phenoxy) is 1. The Hall–Kier alpha value is -0.860. The zero-order chi connectivity index (χ0) is 11.2. The van der Waals surface area contributed by atoms with Crippen LogP contribution in [-0.2, 0) is 4.74 Å². The number of hydrogen-bond donors (Lipinski definition) is 0. The van der Waals surface area contributed by atoms with E-state index in [2.05, 4.69) is 42.2 Å². The van der Waals surface area contributed by atoms with Crippen molar-refractivity contribution in [2.75, 3.05) is 32.8 Å². The first-order chi connectivity index (χ1) is 7.86. The van der Waals surface area contributed by atoms with Gasteiger partial charge in [-0.15, -0.1) is 0 Å². The minimum atomic E-state index is 0.657. The summed E-state index contributed by atoms with van der Waals surface area (Å²) < 4.78 is 5.35. The van der Waals surface area contributed by atoms with Crippen molar-refractivity contribution in [3.63, 3.8) is 0 Å². The van der Waals surface area contributed by atoms with Crippen molar-refractivity contribution in [2.24, 2.45) is 0 Å². The molecular weight excluding hydrogens is 198 g/mol. The third kappa shape index (κ3) is 3.32. The van der Waals surface area contributed by atoms with E-state index in [1.165, 1.54) is 18.5 Å². The van der Waals surface area contributed by atoms with Crippen molar-refractivity contribution in [3.8, 4) is 0 Å². The van der Waals surface area contributed by atoms with Crippen molar-refractivity contribution in [3.05, 3.63) is 35.9 Å². The molecule has 2 heteroatoms. The Morgan fingerprint density at radius 3 is 2.56 bits per heavy atom. The zero-order valence-corrected chi connectivity index (χ0v) is 10.1. The SMILES string of the molecule is C[C@H](CCN1CCOCC1)c1ccccc1. The van der Waals surface area contributed by atoms with Gasteiger partial charge < -0.3 is 4.74 Å². The fourth-order valence-corrected chi connectivity index (χ4v) is 2.15. The number of rotatable bonds is 4. The van der Waals surface area contributed by atoms with E-state index in [1.54, 1.807) is 0 Å². The van der Waals surface area contributed by atoms with Crippen LogP contribution in [0.5, 0.6) is 0 Å². The van der Waals surface area contributed by atoms with E-state index in [0.717, 1.165) is 26.3 Å². The molecule has 0 radical (unpaired) electrons. The number of nitrogens with zero attached hydrogens (tertiary/aromatic N) is 1. The highest BCUT2D eigenvalue weighted by atomic mass is 16.5. The van der Waals surface area contributed by atoms with E-state index < -0.39 is 0 Å². The quantitative estimate of drug-likeness (QED) is 0.771. The molecule has 1 heterocycles. The maximum atomic E-state index is 5.35. The Labute approximate surface area is 98.2 Å². The lowest BCUT2D eigenvalue weighted by atomic mass is 9.98. The molecule has 88 valence electrons. The topological polar surface area (TPSA) is 12.5 Å². The lowest BCUT2D eigenvalue weighted by Crippen LogP contribution is -2.37. The van der Waals surface area contributed by atoms with Crippen LogP contribution in [0.4, 0.5) is 0 Å². The summed E-state index contributed by atoms with van der Waals surface area (Å²) in [6.07, 6.45) is 1.24. The van der Waals surface area contributed by atoms with Gasteiger partial charge in [0, 0.05) is 13.1 Å². The first-order valence-electron chi connectivity index (χ1n) is 6.21. The van der Waals surface area contributed by atoms with Gasteiger partial charge in [-0.25, -0.2) is 0 Å². The average Bonchev–Trinajstić information content (AvgIpc) is 2.38. The molecule has 16 heavy (non-hydrogen) atoms. The molecule has 0 unspecified atom stereocenters. The maximum absolute atomic E-state index is 5.35. The van der Waals surface area contributed by atoms with E-state index in [0.29, 0.717) is 5.92 Å². The van der Waals surface area contributed by atoms with Gasteiger partial charge in [-0.1, -0.05) is 37.3 Å². The summed E-state index contributed by atoms with van der Waals surface area (Å²) in [5.41, 5.74) is 1.45. The molecule has 1 aromatic rings. The van der Waals surface area contributed by atoms with Gasteiger partial charge in [0.2, 0.25) is 0 Å². The molecule has 0 bridgehead atoms. The van der Waals surface area contributed by atoms with Gasteiger partial charge in [0.25, 0.3) is 0 Å². The van der Waals surface area contributed by atoms with Crippen LogP contribution in [-0.4, -0.2) is 37.7 Å². The van der Waals surface area contributed by atoms with E-state index in [4.69, 9.17) is 4.74 Å². The molecule has 1 aliphatic rings. The predicted molar refractivity (Wildman–Crippen MR) is 66.7 cm³/mol. The van der Waals surface area contributed by atoms with Gasteiger partial charge in [-0.3, -0.25) is 4.90 Å². The van der Waals surface area contributed by atoms with Gasteiger partial charge in [0.05, 0.1) is 13.2 Å². The van der Waals surface area contributed by atoms with Crippen LogP contribution in [0.15, 0.2) is 30.3 Å². The van der Waals surface area contributed by atoms with Crippen molar-refractivity contribution in [1.82, 2.24) is 4.90 Å². The summed E-state index contributed by atoms with van der Waals surface area (Å²) in [5.74, 6) is 0.657. The summed E-state index contributed by atoms with van der Waals surface area (Å²) in [6, 6.07) is 10.8. The minimum Gasteiger partial charge on any atom is -0.379 e. The first-order valence-corrected chi connectivity index (χ1v) is 6.21. The molecule has 0 spiro atoms. The summed E-state index contributed by atoms with van der Waals surface area (Å²) in [4.78, 5) is 2.50. The molecule has 0 N–H and O–H groups in total. The van der Waals surface area contributed by atoms with Gasteiger partial charge in [0.1, 0.15) is 0 Å². The number of benzene rings is 1. The second-order valence-electron chi connectivity index (χ2n) is 4.55. The summed E-state index contributed by atoms with van der Waals surface area (Å²) in [5, 5.41) is 0. The molecule has 2 nitrogen and oxygen atoms in total. The maximum Gasteiger partial charge on any atom is 0.0594 e. The predicted octanol–water partition coefficient (Wildman–Crippen LogP) is 2.51. The van der Waals surface area contributed by atoms with Gasteiger partial charge in [-0.05, 0) is 24.4 Å². The Morgan fingerprint density at radius 1 is 1.19 bits per heavy atom. The third-order valence-electron chi connectivity index (χ3n) is 3.35. The van der Waals surface area contributed by atoms with E-state index in [9.17, 15) is 0 Å². The highest BCUT2D eigenvalue weighted by Crippen LogP contribution is 2.18. The fourth-order valence-electron chi connectivity index (χ4n) is 2.15. The first kappa shape index (κ1) is 11.6. The van der Waals surface area contributed by atoms with Gasteiger partial charge in [-0.2, -0.15) is 0 Å². The van der Waals surface area contributed by atoms with E-state index in [1.807, 2.05) is 0 Å². The standard InChI is InChI=1S/C14H21NO/c1-13(14-5-3-2-4-6-14)7-8-15-9-11-16-12-10-15/h2-6,13H,7-12H2,1H3/t13-/m1/s1. The molecule has 1 aromatic carbocycles. The highest BCUT2D eigenvalue weighted by Gasteiger charge is 2.12. The summed E-state index contributed by atoms with van der Waals surface area (Å²) in [6.45, 7) is 7.51. The Morgan fingerprint density at radius 2 is 1.88 bits per heavy atom. The molecule has 0 amide bonds. The minimum absolute atomic E-state index is 0.657. The van der Waals surface area contributed by atoms with Crippen LogP contribution in [0.2, 0.25) is 0 Å². The second kappa shape index (κ2) is 6.02. The lowest BCUT2D eigenvalue weighted by Gasteiger charge is -2.27. The summed E-state index contributed by atoms with van der Waals surface area (Å²) in [7, 11) is 0. The Balaban J connectivity index is 1.77. The van der Waals surface area contributed by atoms with Crippen molar-refractivity contribution >= 4 is 0 Å².